The van der Waals surface area contributed by atoms with Crippen molar-refractivity contribution in [1.29, 1.82) is 0 Å². The number of rotatable bonds is 0. The van der Waals surface area contributed by atoms with Crippen molar-refractivity contribution >= 4 is 8.25 Å². The van der Waals surface area contributed by atoms with Crippen molar-refractivity contribution < 1.29 is 33.2 Å². The fraction of sp³-hybridized carbons (Fsp3) is 0.500. The summed E-state index contributed by atoms with van der Waals surface area (Å²) in [7, 11) is -2.87. The molecule has 0 aliphatic carbocycles. The third-order valence-electron chi connectivity index (χ3n) is 0. The zero-order chi connectivity index (χ0) is 5.58. The van der Waals surface area contributed by atoms with Crippen LogP contribution in [0, 0.1) is 6.92 Å². The largest absolute Gasteiger partial charge is 1.00 e. The molecule has 0 bridgehead atoms. The summed E-state index contributed by atoms with van der Waals surface area (Å²) in [6.45, 7) is 5.00. The van der Waals surface area contributed by atoms with Crippen LogP contribution < -0.4 is 18.9 Å². The molecule has 7 heavy (non-hydrogen) atoms. The first kappa shape index (κ1) is 15.6. The fourth-order valence-electron chi connectivity index (χ4n) is 0. The van der Waals surface area contributed by atoms with Crippen LogP contribution in [0.1, 0.15) is 6.92 Å². The van der Waals surface area contributed by atoms with E-state index in [2.05, 4.69) is 6.92 Å². The molecule has 38 valence electrons. The Morgan fingerprint density at radius 1 is 1.43 bits per heavy atom. The van der Waals surface area contributed by atoms with Gasteiger partial charge in [-0.2, -0.15) is 6.92 Å². The van der Waals surface area contributed by atoms with E-state index in [1.54, 1.807) is 6.92 Å². The summed E-state index contributed by atoms with van der Waals surface area (Å²) in [6.07, 6.45) is 0. The minimum absolute atomic E-state index is 0. The maximum atomic E-state index is 8.70. The van der Waals surface area contributed by atoms with E-state index in [0.717, 1.165) is 0 Å². The first-order valence-corrected chi connectivity index (χ1v) is 2.45. The van der Waals surface area contributed by atoms with Crippen LogP contribution in [0.4, 0.5) is 0 Å². The molecule has 0 saturated carbocycles. The zero-order valence-electron chi connectivity index (χ0n) is 4.46. The molecular formula is C2H7LiO3P+. The Morgan fingerprint density at radius 2 is 1.43 bits per heavy atom. The molecule has 0 atom stereocenters. The Kier molecular flexibility index (Phi) is 35.7. The first-order chi connectivity index (χ1) is 2.73. The van der Waals surface area contributed by atoms with Gasteiger partial charge in [-0.05, 0) is 0 Å². The van der Waals surface area contributed by atoms with Crippen molar-refractivity contribution in [3.8, 4) is 0 Å². The normalized spacial score (nSPS) is 4.57. The van der Waals surface area contributed by atoms with Gasteiger partial charge in [-0.15, -0.1) is 9.79 Å². The molecule has 0 aliphatic heterocycles. The second-order valence-electron chi connectivity index (χ2n) is 0.253. The average Bonchev–Trinajstić information content (AvgIpc) is 1.41. The Bertz CT molecular complexity index is 35.9. The van der Waals surface area contributed by atoms with Gasteiger partial charge >= 0.3 is 27.1 Å². The van der Waals surface area contributed by atoms with E-state index in [1.165, 1.54) is 0 Å². The minimum Gasteiger partial charge on any atom is -0.346 e. The van der Waals surface area contributed by atoms with Gasteiger partial charge in [-0.1, -0.05) is 0 Å². The monoisotopic (exact) mass is 117 g/mol. The van der Waals surface area contributed by atoms with E-state index < -0.39 is 8.25 Å². The summed E-state index contributed by atoms with van der Waals surface area (Å²) in [4.78, 5) is 14.2. The molecule has 0 aromatic rings. The Balaban J connectivity index is -0.0000000480. The predicted octanol–water partition coefficient (Wildman–Crippen LogP) is -2.53. The van der Waals surface area contributed by atoms with Crippen molar-refractivity contribution in [2.45, 2.75) is 6.92 Å². The summed E-state index contributed by atoms with van der Waals surface area (Å²) < 4.78 is 8.70. The molecule has 5 heteroatoms. The molecule has 0 aliphatic rings. The molecule has 0 heterocycles. The summed E-state index contributed by atoms with van der Waals surface area (Å²) in [5.41, 5.74) is 0. The topological polar surface area (TPSA) is 57.5 Å². The van der Waals surface area contributed by atoms with Crippen LogP contribution in [0.5, 0.6) is 0 Å². The van der Waals surface area contributed by atoms with Gasteiger partial charge in [0, 0.05) is 4.57 Å². The van der Waals surface area contributed by atoms with Gasteiger partial charge in [0.15, 0.2) is 0 Å². The number of hydrogen-bond donors (Lipinski definition) is 2. The smallest absolute Gasteiger partial charge is 0.346 e. The summed E-state index contributed by atoms with van der Waals surface area (Å²) in [5.74, 6) is 0. The summed E-state index contributed by atoms with van der Waals surface area (Å²) in [5, 5.41) is 0. The molecular weight excluding hydrogens is 110 g/mol. The molecule has 0 unspecified atom stereocenters. The molecule has 0 aromatic carbocycles. The van der Waals surface area contributed by atoms with Gasteiger partial charge in [0.2, 0.25) is 0 Å². The van der Waals surface area contributed by atoms with Crippen molar-refractivity contribution in [3.63, 3.8) is 0 Å². The van der Waals surface area contributed by atoms with Crippen LogP contribution in [0.2, 0.25) is 0 Å². The Hall–Kier alpha value is 0.617. The van der Waals surface area contributed by atoms with E-state index >= 15 is 0 Å². The Labute approximate surface area is 55.9 Å². The fourth-order valence-corrected chi connectivity index (χ4v) is 0. The minimum atomic E-state index is -2.87. The van der Waals surface area contributed by atoms with Crippen LogP contribution in [-0.2, 0) is 4.57 Å². The zero-order valence-corrected chi connectivity index (χ0v) is 5.35. The van der Waals surface area contributed by atoms with Gasteiger partial charge < -0.3 is 6.92 Å². The van der Waals surface area contributed by atoms with Crippen molar-refractivity contribution in [1.82, 2.24) is 0 Å². The third-order valence-corrected chi connectivity index (χ3v) is 0. The second-order valence-corrected chi connectivity index (χ2v) is 0.758. The van der Waals surface area contributed by atoms with Crippen molar-refractivity contribution in [2.24, 2.45) is 0 Å². The van der Waals surface area contributed by atoms with Crippen LogP contribution in [-0.4, -0.2) is 9.79 Å². The quantitative estimate of drug-likeness (QED) is 0.209. The van der Waals surface area contributed by atoms with Crippen molar-refractivity contribution in [3.05, 3.63) is 6.92 Å². The molecule has 0 fully saturated rings. The molecule has 0 radical (unpaired) electrons. The van der Waals surface area contributed by atoms with Gasteiger partial charge in [-0.25, -0.2) is 0 Å². The maximum absolute atomic E-state index is 8.70. The Morgan fingerprint density at radius 3 is 1.43 bits per heavy atom. The third kappa shape index (κ3) is 370. The van der Waals surface area contributed by atoms with Gasteiger partial charge in [0.25, 0.3) is 0 Å². The molecule has 2 N–H and O–H groups in total. The molecule has 0 aromatic heterocycles. The molecule has 3 nitrogen and oxygen atoms in total. The second kappa shape index (κ2) is 16.0. The maximum Gasteiger partial charge on any atom is 1.00 e. The van der Waals surface area contributed by atoms with Gasteiger partial charge in [-0.3, -0.25) is 0 Å². The standard InChI is InChI=1S/C2H5.Li.HO3P/c1-2;;1-4(2)3/h1H2,2H3;;(H-,1,2,3)/q-1;+1;/p+1. The van der Waals surface area contributed by atoms with E-state index in [1.807, 2.05) is 0 Å². The van der Waals surface area contributed by atoms with Crippen LogP contribution in [0.25, 0.3) is 0 Å². The van der Waals surface area contributed by atoms with E-state index in [0.29, 0.717) is 0 Å². The average molecular weight is 117 g/mol. The van der Waals surface area contributed by atoms with Crippen LogP contribution in [0.15, 0.2) is 0 Å². The number of hydrogen-bond acceptors (Lipinski definition) is 1. The molecule has 0 rings (SSSR count). The first-order valence-electron chi connectivity index (χ1n) is 1.29. The molecule has 0 spiro atoms. The molecule has 0 amide bonds. The van der Waals surface area contributed by atoms with Gasteiger partial charge in [0.1, 0.15) is 0 Å². The van der Waals surface area contributed by atoms with E-state index in [-0.39, 0.29) is 18.9 Å². The predicted molar refractivity (Wildman–Crippen MR) is 23.1 cm³/mol. The van der Waals surface area contributed by atoms with Crippen LogP contribution in [0.3, 0.4) is 0 Å². The molecule has 0 saturated heterocycles. The van der Waals surface area contributed by atoms with E-state index in [9.17, 15) is 0 Å². The summed E-state index contributed by atoms with van der Waals surface area (Å²) in [6, 6.07) is 0. The van der Waals surface area contributed by atoms with Gasteiger partial charge in [0.05, 0.1) is 0 Å². The van der Waals surface area contributed by atoms with Crippen molar-refractivity contribution in [2.75, 3.05) is 0 Å². The summed E-state index contributed by atoms with van der Waals surface area (Å²) >= 11 is 0. The SMILES string of the molecule is O=[P+](O)O.[CH2-]C.[Li+]. The van der Waals surface area contributed by atoms with Crippen LogP contribution >= 0.6 is 8.25 Å². The van der Waals surface area contributed by atoms with E-state index in [4.69, 9.17) is 14.4 Å².